The Morgan fingerprint density at radius 3 is 2.60 bits per heavy atom. The van der Waals surface area contributed by atoms with Crippen LogP contribution in [-0.2, 0) is 4.74 Å². The highest BCUT2D eigenvalue weighted by Gasteiger charge is 2.33. The molecule has 1 saturated heterocycles. The molecule has 3 heteroatoms. The summed E-state index contributed by atoms with van der Waals surface area (Å²) >= 11 is 0. The molecule has 90 valence electrons. The highest BCUT2D eigenvalue weighted by molar-refractivity contribution is 4.88. The van der Waals surface area contributed by atoms with Gasteiger partial charge in [-0.05, 0) is 24.3 Å². The molecule has 0 aromatic rings. The summed E-state index contributed by atoms with van der Waals surface area (Å²) in [7, 11) is 1.78. The lowest BCUT2D eigenvalue weighted by atomic mass is 9.86. The van der Waals surface area contributed by atoms with Crippen LogP contribution < -0.4 is 5.73 Å². The van der Waals surface area contributed by atoms with Crippen LogP contribution in [0.5, 0.6) is 0 Å². The lowest BCUT2D eigenvalue weighted by molar-refractivity contribution is 0.111. The standard InChI is InChI=1S/C12H26N2O/c1-12(2,3)11(7-13)14-6-5-10(8-14)9-15-4/h10-11H,5-9,13H2,1-4H3. The van der Waals surface area contributed by atoms with E-state index in [4.69, 9.17) is 10.5 Å². The monoisotopic (exact) mass is 214 g/mol. The van der Waals surface area contributed by atoms with Crippen LogP contribution in [-0.4, -0.2) is 44.3 Å². The first-order valence-corrected chi connectivity index (χ1v) is 5.92. The maximum Gasteiger partial charge on any atom is 0.0503 e. The van der Waals surface area contributed by atoms with Crippen molar-refractivity contribution < 1.29 is 4.74 Å². The van der Waals surface area contributed by atoms with Gasteiger partial charge in [-0.3, -0.25) is 4.90 Å². The molecule has 2 atom stereocenters. The van der Waals surface area contributed by atoms with Crippen molar-refractivity contribution in [1.29, 1.82) is 0 Å². The van der Waals surface area contributed by atoms with Crippen molar-refractivity contribution in [3.05, 3.63) is 0 Å². The fraction of sp³-hybridized carbons (Fsp3) is 1.00. The summed E-state index contributed by atoms with van der Waals surface area (Å²) in [5.74, 6) is 0.700. The lowest BCUT2D eigenvalue weighted by Gasteiger charge is -2.37. The maximum absolute atomic E-state index is 5.89. The van der Waals surface area contributed by atoms with Gasteiger partial charge in [0.15, 0.2) is 0 Å². The number of rotatable bonds is 4. The Kier molecular flexibility index (Phi) is 4.56. The first-order chi connectivity index (χ1) is 6.99. The van der Waals surface area contributed by atoms with Crippen molar-refractivity contribution >= 4 is 0 Å². The van der Waals surface area contributed by atoms with E-state index in [0.29, 0.717) is 12.0 Å². The summed E-state index contributed by atoms with van der Waals surface area (Å²) in [4.78, 5) is 2.53. The van der Waals surface area contributed by atoms with E-state index < -0.39 is 0 Å². The number of ether oxygens (including phenoxy) is 1. The van der Waals surface area contributed by atoms with Gasteiger partial charge in [0.05, 0.1) is 6.61 Å². The van der Waals surface area contributed by atoms with Gasteiger partial charge in [0.2, 0.25) is 0 Å². The van der Waals surface area contributed by atoms with Crippen molar-refractivity contribution in [3.8, 4) is 0 Å². The largest absolute Gasteiger partial charge is 0.384 e. The lowest BCUT2D eigenvalue weighted by Crippen LogP contribution is -2.47. The van der Waals surface area contributed by atoms with Crippen LogP contribution in [0.3, 0.4) is 0 Å². The Labute approximate surface area is 94.0 Å². The van der Waals surface area contributed by atoms with Gasteiger partial charge in [0.1, 0.15) is 0 Å². The van der Waals surface area contributed by atoms with E-state index >= 15 is 0 Å². The van der Waals surface area contributed by atoms with Crippen LogP contribution >= 0.6 is 0 Å². The molecule has 2 N–H and O–H groups in total. The molecule has 2 unspecified atom stereocenters. The first kappa shape index (κ1) is 12.9. The van der Waals surface area contributed by atoms with Crippen LogP contribution in [0.2, 0.25) is 0 Å². The number of nitrogens with two attached hydrogens (primary N) is 1. The van der Waals surface area contributed by atoms with Crippen molar-refractivity contribution in [2.75, 3.05) is 33.4 Å². The second kappa shape index (κ2) is 5.28. The van der Waals surface area contributed by atoms with Gasteiger partial charge in [-0.1, -0.05) is 20.8 Å². The van der Waals surface area contributed by atoms with Crippen LogP contribution in [0.4, 0.5) is 0 Å². The first-order valence-electron chi connectivity index (χ1n) is 5.92. The summed E-state index contributed by atoms with van der Waals surface area (Å²) in [5.41, 5.74) is 6.16. The predicted octanol–water partition coefficient (Wildman–Crippen LogP) is 1.33. The fourth-order valence-corrected chi connectivity index (χ4v) is 2.57. The van der Waals surface area contributed by atoms with E-state index in [2.05, 4.69) is 25.7 Å². The van der Waals surface area contributed by atoms with E-state index in [1.54, 1.807) is 7.11 Å². The third kappa shape index (κ3) is 3.44. The number of methoxy groups -OCH3 is 1. The van der Waals surface area contributed by atoms with Gasteiger partial charge in [-0.2, -0.15) is 0 Å². The third-order valence-electron chi connectivity index (χ3n) is 3.38. The van der Waals surface area contributed by atoms with Crippen molar-refractivity contribution in [3.63, 3.8) is 0 Å². The van der Waals surface area contributed by atoms with Gasteiger partial charge < -0.3 is 10.5 Å². The molecular formula is C12H26N2O. The Morgan fingerprint density at radius 1 is 1.47 bits per heavy atom. The minimum Gasteiger partial charge on any atom is -0.384 e. The minimum absolute atomic E-state index is 0.275. The Balaban J connectivity index is 2.50. The molecule has 0 saturated carbocycles. The Hall–Kier alpha value is -0.120. The average molecular weight is 214 g/mol. The van der Waals surface area contributed by atoms with Crippen LogP contribution in [0.25, 0.3) is 0 Å². The van der Waals surface area contributed by atoms with Gasteiger partial charge in [0, 0.05) is 26.2 Å². The minimum atomic E-state index is 0.275. The van der Waals surface area contributed by atoms with Gasteiger partial charge in [0.25, 0.3) is 0 Å². The van der Waals surface area contributed by atoms with E-state index in [-0.39, 0.29) is 5.41 Å². The highest BCUT2D eigenvalue weighted by atomic mass is 16.5. The average Bonchev–Trinajstić information content (AvgIpc) is 2.52. The van der Waals surface area contributed by atoms with E-state index in [0.717, 1.165) is 19.7 Å². The molecule has 0 bridgehead atoms. The summed E-state index contributed by atoms with van der Waals surface area (Å²) in [6.45, 7) is 10.8. The summed E-state index contributed by atoms with van der Waals surface area (Å²) < 4.78 is 5.22. The molecule has 0 aromatic carbocycles. The van der Waals surface area contributed by atoms with Gasteiger partial charge in [-0.15, -0.1) is 0 Å². The van der Waals surface area contributed by atoms with Crippen molar-refractivity contribution in [2.45, 2.75) is 33.2 Å². The SMILES string of the molecule is COCC1CCN(C(CN)C(C)(C)C)C1. The quantitative estimate of drug-likeness (QED) is 0.767. The Morgan fingerprint density at radius 2 is 2.13 bits per heavy atom. The molecule has 1 aliphatic rings. The number of hydrogen-bond donors (Lipinski definition) is 1. The topological polar surface area (TPSA) is 38.5 Å². The van der Waals surface area contributed by atoms with Gasteiger partial charge in [-0.25, -0.2) is 0 Å². The Bertz CT molecular complexity index is 189. The summed E-state index contributed by atoms with van der Waals surface area (Å²) in [6, 6.07) is 0.499. The molecule has 0 spiro atoms. The van der Waals surface area contributed by atoms with E-state index in [1.165, 1.54) is 13.0 Å². The molecule has 1 aliphatic heterocycles. The van der Waals surface area contributed by atoms with E-state index in [9.17, 15) is 0 Å². The molecule has 0 aromatic heterocycles. The van der Waals surface area contributed by atoms with Crippen molar-refractivity contribution in [1.82, 2.24) is 4.90 Å². The second-order valence-corrected chi connectivity index (χ2v) is 5.72. The van der Waals surface area contributed by atoms with E-state index in [1.807, 2.05) is 0 Å². The van der Waals surface area contributed by atoms with Crippen LogP contribution in [0.15, 0.2) is 0 Å². The van der Waals surface area contributed by atoms with Crippen molar-refractivity contribution in [2.24, 2.45) is 17.1 Å². The van der Waals surface area contributed by atoms with Gasteiger partial charge >= 0.3 is 0 Å². The highest BCUT2D eigenvalue weighted by Crippen LogP contribution is 2.28. The third-order valence-corrected chi connectivity index (χ3v) is 3.38. The molecule has 0 amide bonds. The molecule has 1 heterocycles. The molecule has 1 fully saturated rings. The van der Waals surface area contributed by atoms with Crippen LogP contribution in [0, 0.1) is 11.3 Å². The second-order valence-electron chi connectivity index (χ2n) is 5.72. The predicted molar refractivity (Wildman–Crippen MR) is 63.9 cm³/mol. The number of nitrogens with zero attached hydrogens (tertiary/aromatic N) is 1. The molecule has 1 rings (SSSR count). The fourth-order valence-electron chi connectivity index (χ4n) is 2.57. The zero-order valence-electron chi connectivity index (χ0n) is 10.6. The van der Waals surface area contributed by atoms with Crippen LogP contribution in [0.1, 0.15) is 27.2 Å². The molecule has 15 heavy (non-hydrogen) atoms. The smallest absolute Gasteiger partial charge is 0.0503 e. The molecular weight excluding hydrogens is 188 g/mol. The maximum atomic E-state index is 5.89. The molecule has 3 nitrogen and oxygen atoms in total. The molecule has 0 aliphatic carbocycles. The number of hydrogen-bond acceptors (Lipinski definition) is 3. The summed E-state index contributed by atoms with van der Waals surface area (Å²) in [5, 5.41) is 0. The zero-order chi connectivity index (χ0) is 11.5. The molecule has 0 radical (unpaired) electrons. The summed E-state index contributed by atoms with van der Waals surface area (Å²) in [6.07, 6.45) is 1.25. The number of likely N-dealkylation sites (tertiary alicyclic amines) is 1. The normalized spacial score (nSPS) is 25.8. The zero-order valence-corrected chi connectivity index (χ0v) is 10.6.